The van der Waals surface area contributed by atoms with Crippen molar-refractivity contribution in [3.63, 3.8) is 0 Å². The van der Waals surface area contributed by atoms with Crippen molar-refractivity contribution in [2.75, 3.05) is 13.7 Å². The number of nitro benzene ring substituents is 1. The van der Waals surface area contributed by atoms with Gasteiger partial charge in [0.15, 0.2) is 5.75 Å². The van der Waals surface area contributed by atoms with Crippen LogP contribution < -0.4 is 9.47 Å². The summed E-state index contributed by atoms with van der Waals surface area (Å²) in [7, 11) is 1.42. The highest BCUT2D eigenvalue weighted by molar-refractivity contribution is 5.56. The van der Waals surface area contributed by atoms with Gasteiger partial charge in [-0.15, -0.1) is 0 Å². The van der Waals surface area contributed by atoms with Crippen molar-refractivity contribution in [3.8, 4) is 11.5 Å². The Labute approximate surface area is 80.4 Å². The summed E-state index contributed by atoms with van der Waals surface area (Å²) in [5.41, 5.74) is 0.917. The first-order valence-electron chi connectivity index (χ1n) is 4.20. The summed E-state index contributed by atoms with van der Waals surface area (Å²) >= 11 is 0. The summed E-state index contributed by atoms with van der Waals surface area (Å²) in [6.45, 7) is 0.583. The zero-order valence-electron chi connectivity index (χ0n) is 7.65. The molecule has 0 fully saturated rings. The summed E-state index contributed by atoms with van der Waals surface area (Å²) in [5.74, 6) is 0.886. The molecule has 0 radical (unpaired) electrons. The third-order valence-electron chi connectivity index (χ3n) is 2.19. The van der Waals surface area contributed by atoms with E-state index in [1.807, 2.05) is 0 Å². The van der Waals surface area contributed by atoms with E-state index in [0.717, 1.165) is 12.0 Å². The Bertz CT molecular complexity index is 389. The van der Waals surface area contributed by atoms with Gasteiger partial charge in [0.1, 0.15) is 5.75 Å². The SMILES string of the molecule is COc1cc2c(cc1[N+](=O)[O-])OCC2. The second-order valence-electron chi connectivity index (χ2n) is 2.99. The average Bonchev–Trinajstić information content (AvgIpc) is 2.62. The molecule has 1 aromatic carbocycles. The van der Waals surface area contributed by atoms with Gasteiger partial charge in [-0.05, 0) is 6.07 Å². The van der Waals surface area contributed by atoms with E-state index in [2.05, 4.69) is 0 Å². The van der Waals surface area contributed by atoms with Gasteiger partial charge in [0, 0.05) is 12.0 Å². The molecule has 0 atom stereocenters. The first-order chi connectivity index (χ1) is 6.72. The van der Waals surface area contributed by atoms with Crippen LogP contribution in [-0.4, -0.2) is 18.6 Å². The van der Waals surface area contributed by atoms with Crippen molar-refractivity contribution in [1.82, 2.24) is 0 Å². The first kappa shape index (κ1) is 8.80. The van der Waals surface area contributed by atoms with Crippen LogP contribution in [-0.2, 0) is 6.42 Å². The topological polar surface area (TPSA) is 61.6 Å². The molecular formula is C9H9NO4. The third kappa shape index (κ3) is 1.26. The van der Waals surface area contributed by atoms with E-state index in [1.54, 1.807) is 6.07 Å². The Morgan fingerprint density at radius 1 is 1.57 bits per heavy atom. The number of methoxy groups -OCH3 is 1. The molecular weight excluding hydrogens is 186 g/mol. The van der Waals surface area contributed by atoms with E-state index in [1.165, 1.54) is 13.2 Å². The van der Waals surface area contributed by atoms with Crippen molar-refractivity contribution >= 4 is 5.69 Å². The molecule has 0 unspecified atom stereocenters. The van der Waals surface area contributed by atoms with Crippen LogP contribution >= 0.6 is 0 Å². The highest BCUT2D eigenvalue weighted by Gasteiger charge is 2.22. The standard InChI is InChI=1S/C9H9NO4/c1-13-9-4-6-2-3-14-8(6)5-7(9)10(11)12/h4-5H,2-3H2,1H3. The normalized spacial score (nSPS) is 13.2. The lowest BCUT2D eigenvalue weighted by atomic mass is 10.1. The van der Waals surface area contributed by atoms with Gasteiger partial charge in [-0.25, -0.2) is 0 Å². The van der Waals surface area contributed by atoms with Crippen LogP contribution in [0.4, 0.5) is 5.69 Å². The van der Waals surface area contributed by atoms with Crippen LogP contribution in [0, 0.1) is 10.1 Å². The Morgan fingerprint density at radius 3 is 3.00 bits per heavy atom. The second-order valence-corrected chi connectivity index (χ2v) is 2.99. The van der Waals surface area contributed by atoms with Gasteiger partial charge in [-0.1, -0.05) is 0 Å². The van der Waals surface area contributed by atoms with Crippen molar-refractivity contribution in [2.45, 2.75) is 6.42 Å². The van der Waals surface area contributed by atoms with Crippen molar-refractivity contribution in [1.29, 1.82) is 0 Å². The maximum Gasteiger partial charge on any atom is 0.314 e. The molecule has 2 rings (SSSR count). The quantitative estimate of drug-likeness (QED) is 0.530. The molecule has 1 aromatic rings. The Hall–Kier alpha value is -1.78. The lowest BCUT2D eigenvalue weighted by Crippen LogP contribution is -1.94. The molecule has 1 aliphatic heterocycles. The lowest BCUT2D eigenvalue weighted by Gasteiger charge is -2.03. The molecule has 0 bridgehead atoms. The van der Waals surface area contributed by atoms with E-state index in [9.17, 15) is 10.1 Å². The van der Waals surface area contributed by atoms with E-state index >= 15 is 0 Å². The number of nitro groups is 1. The van der Waals surface area contributed by atoms with Crippen molar-refractivity contribution in [3.05, 3.63) is 27.8 Å². The largest absolute Gasteiger partial charge is 0.493 e. The maximum atomic E-state index is 10.7. The fourth-order valence-corrected chi connectivity index (χ4v) is 1.50. The van der Waals surface area contributed by atoms with Gasteiger partial charge in [0.25, 0.3) is 0 Å². The summed E-state index contributed by atoms with van der Waals surface area (Å²) in [6.07, 6.45) is 0.781. The minimum atomic E-state index is -0.471. The van der Waals surface area contributed by atoms with E-state index in [4.69, 9.17) is 9.47 Å². The molecule has 5 heteroatoms. The molecule has 0 amide bonds. The number of ether oxygens (including phenoxy) is 2. The number of hydrogen-bond donors (Lipinski definition) is 0. The maximum absolute atomic E-state index is 10.7. The fraction of sp³-hybridized carbons (Fsp3) is 0.333. The number of hydrogen-bond acceptors (Lipinski definition) is 4. The molecule has 74 valence electrons. The number of benzene rings is 1. The van der Waals surface area contributed by atoms with Gasteiger partial charge in [0.05, 0.1) is 24.7 Å². The van der Waals surface area contributed by atoms with Gasteiger partial charge in [-0.3, -0.25) is 10.1 Å². The monoisotopic (exact) mass is 195 g/mol. The molecule has 1 heterocycles. The van der Waals surface area contributed by atoms with Crippen LogP contribution in [0.3, 0.4) is 0 Å². The molecule has 0 N–H and O–H groups in total. The number of nitrogens with zero attached hydrogens (tertiary/aromatic N) is 1. The van der Waals surface area contributed by atoms with Crippen LogP contribution in [0.1, 0.15) is 5.56 Å². The third-order valence-corrected chi connectivity index (χ3v) is 2.19. The second kappa shape index (κ2) is 3.17. The highest BCUT2D eigenvalue weighted by atomic mass is 16.6. The predicted octanol–water partition coefficient (Wildman–Crippen LogP) is 1.54. The minimum absolute atomic E-state index is 0.0480. The van der Waals surface area contributed by atoms with Crippen molar-refractivity contribution < 1.29 is 14.4 Å². The highest BCUT2D eigenvalue weighted by Crippen LogP contribution is 2.36. The van der Waals surface area contributed by atoms with Crippen LogP contribution in [0.5, 0.6) is 11.5 Å². The molecule has 0 aromatic heterocycles. The molecule has 0 saturated carbocycles. The number of rotatable bonds is 2. The minimum Gasteiger partial charge on any atom is -0.493 e. The first-order valence-corrected chi connectivity index (χ1v) is 4.20. The van der Waals surface area contributed by atoms with Gasteiger partial charge in [0.2, 0.25) is 0 Å². The molecule has 5 nitrogen and oxygen atoms in total. The number of fused-ring (bicyclic) bond motifs is 1. The summed E-state index contributed by atoms with van der Waals surface area (Å²) in [6, 6.07) is 3.08. The summed E-state index contributed by atoms with van der Waals surface area (Å²) in [4.78, 5) is 10.2. The van der Waals surface area contributed by atoms with Crippen LogP contribution in [0.15, 0.2) is 12.1 Å². The summed E-state index contributed by atoms with van der Waals surface area (Å²) < 4.78 is 10.2. The smallest absolute Gasteiger partial charge is 0.314 e. The van der Waals surface area contributed by atoms with Gasteiger partial charge < -0.3 is 9.47 Å². The van der Waals surface area contributed by atoms with Crippen LogP contribution in [0.25, 0.3) is 0 Å². The molecule has 0 spiro atoms. The molecule has 0 aliphatic carbocycles. The Balaban J connectivity index is 2.54. The van der Waals surface area contributed by atoms with E-state index in [0.29, 0.717) is 18.1 Å². The Kier molecular flexibility index (Phi) is 1.99. The zero-order chi connectivity index (χ0) is 10.1. The molecule has 1 aliphatic rings. The van der Waals surface area contributed by atoms with Crippen molar-refractivity contribution in [2.24, 2.45) is 0 Å². The average molecular weight is 195 g/mol. The van der Waals surface area contributed by atoms with Crippen LogP contribution in [0.2, 0.25) is 0 Å². The summed E-state index contributed by atoms with van der Waals surface area (Å²) in [5, 5.41) is 10.7. The van der Waals surface area contributed by atoms with Gasteiger partial charge >= 0.3 is 5.69 Å². The predicted molar refractivity (Wildman–Crippen MR) is 48.8 cm³/mol. The van der Waals surface area contributed by atoms with Gasteiger partial charge in [-0.2, -0.15) is 0 Å². The molecule has 0 saturated heterocycles. The molecule has 14 heavy (non-hydrogen) atoms. The fourth-order valence-electron chi connectivity index (χ4n) is 1.50. The van der Waals surface area contributed by atoms with E-state index < -0.39 is 4.92 Å². The lowest BCUT2D eigenvalue weighted by molar-refractivity contribution is -0.385. The Morgan fingerprint density at radius 2 is 2.36 bits per heavy atom. The van der Waals surface area contributed by atoms with E-state index in [-0.39, 0.29) is 5.69 Å². The zero-order valence-corrected chi connectivity index (χ0v) is 7.65.